The van der Waals surface area contributed by atoms with Gasteiger partial charge in [-0.3, -0.25) is 10.1 Å². The average molecular weight is 466 g/mol. The molecule has 0 spiro atoms. The molecule has 0 unspecified atom stereocenters. The Bertz CT molecular complexity index is 1300. The molecule has 1 heterocycles. The lowest BCUT2D eigenvalue weighted by atomic mass is 10.1. The number of non-ortho nitro benzene ring substituents is 1. The van der Waals surface area contributed by atoms with Crippen molar-refractivity contribution in [3.8, 4) is 33.2 Å². The summed E-state index contributed by atoms with van der Waals surface area (Å²) in [5, 5.41) is 22.3. The van der Waals surface area contributed by atoms with Gasteiger partial charge >= 0.3 is 0 Å². The Morgan fingerprint density at radius 1 is 1.09 bits per heavy atom. The number of nitro benzene ring substituents is 1. The van der Waals surface area contributed by atoms with Crippen LogP contribution in [0.5, 0.6) is 11.5 Å². The van der Waals surface area contributed by atoms with E-state index in [1.165, 1.54) is 36.8 Å². The van der Waals surface area contributed by atoms with Gasteiger partial charge < -0.3 is 9.84 Å². The van der Waals surface area contributed by atoms with Crippen LogP contribution in [-0.2, 0) is 0 Å². The van der Waals surface area contributed by atoms with Crippen LogP contribution in [0.1, 0.15) is 5.56 Å². The summed E-state index contributed by atoms with van der Waals surface area (Å²) in [4.78, 5) is 20.5. The fourth-order valence-electron chi connectivity index (χ4n) is 3.03. The molecule has 1 aromatic heterocycles. The van der Waals surface area contributed by atoms with Crippen molar-refractivity contribution in [1.29, 1.82) is 0 Å². The second-order valence-corrected chi connectivity index (χ2v) is 8.06. The molecular formula is C23H16ClN3O4S. The van der Waals surface area contributed by atoms with Crippen LogP contribution in [0.2, 0.25) is 5.02 Å². The first-order valence-corrected chi connectivity index (χ1v) is 10.6. The minimum atomic E-state index is -0.438. The van der Waals surface area contributed by atoms with E-state index in [1.807, 2.05) is 12.1 Å². The van der Waals surface area contributed by atoms with Crippen LogP contribution in [0.4, 0.5) is 10.8 Å². The Balaban J connectivity index is 1.77. The molecule has 0 saturated carbocycles. The Morgan fingerprint density at radius 2 is 1.78 bits per heavy atom. The van der Waals surface area contributed by atoms with Gasteiger partial charge in [0.15, 0.2) is 11.5 Å². The molecule has 0 amide bonds. The summed E-state index contributed by atoms with van der Waals surface area (Å²) in [7, 11) is 1.48. The topological polar surface area (TPSA) is 97.9 Å². The summed E-state index contributed by atoms with van der Waals surface area (Å²) >= 11 is 7.36. The van der Waals surface area contributed by atoms with E-state index in [9.17, 15) is 15.2 Å². The molecule has 0 radical (unpaired) electrons. The average Bonchev–Trinajstić information content (AvgIpc) is 3.23. The number of nitro groups is 1. The quantitative estimate of drug-likeness (QED) is 0.199. The SMILES string of the molecule is COc1cccc(C=Nc2nc(-c3ccc(Cl)cc3)c(-c3ccc([N+](=O)[O-])cc3)s2)c1O. The molecular weight excluding hydrogens is 450 g/mol. The Labute approximate surface area is 192 Å². The van der Waals surface area contributed by atoms with Crippen molar-refractivity contribution in [3.63, 3.8) is 0 Å². The maximum absolute atomic E-state index is 11.0. The van der Waals surface area contributed by atoms with Crippen LogP contribution in [0.3, 0.4) is 0 Å². The third-order valence-electron chi connectivity index (χ3n) is 4.64. The molecule has 9 heteroatoms. The van der Waals surface area contributed by atoms with Crippen molar-refractivity contribution in [2.45, 2.75) is 0 Å². The van der Waals surface area contributed by atoms with E-state index in [-0.39, 0.29) is 11.4 Å². The van der Waals surface area contributed by atoms with Gasteiger partial charge in [0, 0.05) is 34.5 Å². The maximum atomic E-state index is 11.0. The van der Waals surface area contributed by atoms with E-state index >= 15 is 0 Å². The number of benzene rings is 3. The lowest BCUT2D eigenvalue weighted by Gasteiger charge is -2.04. The van der Waals surface area contributed by atoms with Crippen molar-refractivity contribution in [2.24, 2.45) is 4.99 Å². The van der Waals surface area contributed by atoms with Gasteiger partial charge in [0.05, 0.1) is 22.6 Å². The number of phenolic OH excluding ortho intramolecular Hbond substituents is 1. The molecule has 1 N–H and O–H groups in total. The standard InChI is InChI=1S/C23H16ClN3O4S/c1-31-19-4-2-3-16(21(19)28)13-25-23-26-20(14-5-9-17(24)10-6-14)22(32-23)15-7-11-18(12-8-15)27(29)30/h2-13,28H,1H3. The van der Waals surface area contributed by atoms with Gasteiger partial charge in [0.1, 0.15) is 0 Å². The Kier molecular flexibility index (Phi) is 6.16. The van der Waals surface area contributed by atoms with Gasteiger partial charge in [-0.2, -0.15) is 0 Å². The highest BCUT2D eigenvalue weighted by molar-refractivity contribution is 7.19. The summed E-state index contributed by atoms with van der Waals surface area (Å²) in [6, 6.07) is 18.7. The van der Waals surface area contributed by atoms with Crippen LogP contribution in [-0.4, -0.2) is 28.3 Å². The van der Waals surface area contributed by atoms with E-state index in [0.717, 1.165) is 16.0 Å². The van der Waals surface area contributed by atoms with Crippen LogP contribution in [0, 0.1) is 10.1 Å². The van der Waals surface area contributed by atoms with Gasteiger partial charge in [0.2, 0.25) is 5.13 Å². The molecule has 0 aliphatic rings. The number of hydrogen-bond donors (Lipinski definition) is 1. The summed E-state index contributed by atoms with van der Waals surface area (Å²) in [6.07, 6.45) is 1.52. The fraction of sp³-hybridized carbons (Fsp3) is 0.0435. The summed E-state index contributed by atoms with van der Waals surface area (Å²) in [6.45, 7) is 0. The second-order valence-electron chi connectivity index (χ2n) is 6.64. The first-order valence-electron chi connectivity index (χ1n) is 9.38. The van der Waals surface area contributed by atoms with E-state index in [1.54, 1.807) is 42.5 Å². The minimum Gasteiger partial charge on any atom is -0.504 e. The third kappa shape index (κ3) is 4.46. The van der Waals surface area contributed by atoms with Crippen molar-refractivity contribution in [3.05, 3.63) is 87.4 Å². The zero-order valence-corrected chi connectivity index (χ0v) is 18.3. The molecule has 4 rings (SSSR count). The maximum Gasteiger partial charge on any atom is 0.269 e. The molecule has 160 valence electrons. The number of rotatable bonds is 6. The van der Waals surface area contributed by atoms with Gasteiger partial charge in [0.25, 0.3) is 5.69 Å². The third-order valence-corrected chi connectivity index (χ3v) is 5.90. The van der Waals surface area contributed by atoms with Gasteiger partial charge in [-0.25, -0.2) is 9.98 Å². The number of phenols is 1. The highest BCUT2D eigenvalue weighted by atomic mass is 35.5. The first-order chi connectivity index (χ1) is 15.5. The molecule has 0 aliphatic heterocycles. The number of halogens is 1. The number of para-hydroxylation sites is 1. The molecule has 0 saturated heterocycles. The molecule has 0 aliphatic carbocycles. The predicted octanol–water partition coefficient (Wildman–Crippen LogP) is 6.50. The lowest BCUT2D eigenvalue weighted by Crippen LogP contribution is -1.88. The molecule has 0 fully saturated rings. The fourth-order valence-corrected chi connectivity index (χ4v) is 4.10. The van der Waals surface area contributed by atoms with Gasteiger partial charge in [-0.15, -0.1) is 0 Å². The van der Waals surface area contributed by atoms with Crippen LogP contribution in [0.25, 0.3) is 21.7 Å². The van der Waals surface area contributed by atoms with Crippen LogP contribution >= 0.6 is 22.9 Å². The van der Waals surface area contributed by atoms with Gasteiger partial charge in [-0.05, 0) is 42.0 Å². The lowest BCUT2D eigenvalue weighted by molar-refractivity contribution is -0.384. The van der Waals surface area contributed by atoms with Gasteiger partial charge in [-0.1, -0.05) is 41.1 Å². The van der Waals surface area contributed by atoms with Crippen molar-refractivity contribution < 1.29 is 14.8 Å². The zero-order chi connectivity index (χ0) is 22.7. The van der Waals surface area contributed by atoms with Crippen LogP contribution < -0.4 is 4.74 Å². The number of thiazole rings is 1. The van der Waals surface area contributed by atoms with E-state index in [2.05, 4.69) is 9.98 Å². The minimum absolute atomic E-state index is 0.0103. The number of hydrogen-bond acceptors (Lipinski definition) is 7. The first kappa shape index (κ1) is 21.5. The highest BCUT2D eigenvalue weighted by Gasteiger charge is 2.16. The summed E-state index contributed by atoms with van der Waals surface area (Å²) in [5.41, 5.74) is 2.80. The number of ether oxygens (including phenoxy) is 1. The largest absolute Gasteiger partial charge is 0.504 e. The predicted molar refractivity (Wildman–Crippen MR) is 127 cm³/mol. The van der Waals surface area contributed by atoms with E-state index < -0.39 is 4.92 Å². The Hall–Kier alpha value is -3.75. The van der Waals surface area contributed by atoms with Crippen LogP contribution in [0.15, 0.2) is 71.7 Å². The highest BCUT2D eigenvalue weighted by Crippen LogP contribution is 2.41. The number of aromatic hydroxyl groups is 1. The number of nitrogens with zero attached hydrogens (tertiary/aromatic N) is 3. The summed E-state index contributed by atoms with van der Waals surface area (Å²) < 4.78 is 5.13. The molecule has 32 heavy (non-hydrogen) atoms. The van der Waals surface area contributed by atoms with E-state index in [0.29, 0.717) is 27.2 Å². The molecule has 3 aromatic carbocycles. The number of aliphatic imine (C=N–C) groups is 1. The van der Waals surface area contributed by atoms with Crippen molar-refractivity contribution in [1.82, 2.24) is 4.98 Å². The normalized spacial score (nSPS) is 11.1. The Morgan fingerprint density at radius 3 is 2.44 bits per heavy atom. The molecule has 0 bridgehead atoms. The van der Waals surface area contributed by atoms with E-state index in [4.69, 9.17) is 16.3 Å². The van der Waals surface area contributed by atoms with Crippen molar-refractivity contribution >= 4 is 40.0 Å². The smallest absolute Gasteiger partial charge is 0.269 e. The van der Waals surface area contributed by atoms with Crippen molar-refractivity contribution in [2.75, 3.05) is 7.11 Å². The second kappa shape index (κ2) is 9.17. The molecule has 0 atom stereocenters. The molecule has 7 nitrogen and oxygen atoms in total. The summed E-state index contributed by atoms with van der Waals surface area (Å²) in [5.74, 6) is 0.338. The number of methoxy groups -OCH3 is 1. The molecule has 4 aromatic rings. The monoisotopic (exact) mass is 465 g/mol. The number of aromatic nitrogens is 1. The zero-order valence-electron chi connectivity index (χ0n) is 16.7.